The van der Waals surface area contributed by atoms with Crippen molar-refractivity contribution < 1.29 is 24.4 Å². The fraction of sp³-hybridized carbons (Fsp3) is 0.429. The van der Waals surface area contributed by atoms with Crippen LogP contribution in [0.2, 0.25) is 5.02 Å². The summed E-state index contributed by atoms with van der Waals surface area (Å²) in [4.78, 5) is 33.7. The summed E-state index contributed by atoms with van der Waals surface area (Å²) in [7, 11) is 0. The van der Waals surface area contributed by atoms with E-state index in [0.717, 1.165) is 6.07 Å². The minimum Gasteiger partial charge on any atom is -0.479 e. The highest BCUT2D eigenvalue weighted by Crippen LogP contribution is 2.31. The summed E-state index contributed by atoms with van der Waals surface area (Å²) < 4.78 is 5.03. The van der Waals surface area contributed by atoms with E-state index < -0.39 is 33.8 Å². The van der Waals surface area contributed by atoms with Crippen LogP contribution in [0.5, 0.6) is 0 Å². The van der Waals surface area contributed by atoms with E-state index in [1.54, 1.807) is 20.8 Å². The van der Waals surface area contributed by atoms with Crippen molar-refractivity contribution in [3.8, 4) is 0 Å². The van der Waals surface area contributed by atoms with Gasteiger partial charge in [-0.05, 0) is 39.3 Å². The number of carbonyl (C=O) groups excluding carboxylic acids is 1. The molecule has 126 valence electrons. The van der Waals surface area contributed by atoms with Crippen molar-refractivity contribution in [3.63, 3.8) is 0 Å². The maximum absolute atomic E-state index is 11.9. The van der Waals surface area contributed by atoms with Gasteiger partial charge in [0.1, 0.15) is 10.6 Å². The minimum absolute atomic E-state index is 0.00745. The van der Waals surface area contributed by atoms with Gasteiger partial charge in [0.15, 0.2) is 5.54 Å². The Kier molecular flexibility index (Phi) is 5.21. The van der Waals surface area contributed by atoms with Crippen molar-refractivity contribution in [2.45, 2.75) is 38.8 Å². The number of amides is 1. The average molecular weight is 345 g/mol. The lowest BCUT2D eigenvalue weighted by atomic mass is 9.92. The van der Waals surface area contributed by atoms with Crippen LogP contribution < -0.4 is 5.32 Å². The summed E-state index contributed by atoms with van der Waals surface area (Å²) in [5.41, 5.74) is -3.21. The maximum atomic E-state index is 11.9. The molecule has 0 bridgehead atoms. The van der Waals surface area contributed by atoms with E-state index >= 15 is 0 Å². The third-order valence-corrected chi connectivity index (χ3v) is 3.22. The molecular formula is C14H17ClN2O6. The molecule has 2 N–H and O–H groups in total. The molecule has 0 aliphatic carbocycles. The van der Waals surface area contributed by atoms with Crippen LogP contribution in [0, 0.1) is 10.1 Å². The second kappa shape index (κ2) is 6.41. The fourth-order valence-electron chi connectivity index (χ4n) is 1.72. The molecule has 1 amide bonds. The Bertz CT molecular complexity index is 655. The van der Waals surface area contributed by atoms with Gasteiger partial charge in [0.2, 0.25) is 0 Å². The van der Waals surface area contributed by atoms with E-state index in [-0.39, 0.29) is 10.6 Å². The smallest absolute Gasteiger partial charge is 0.408 e. The maximum Gasteiger partial charge on any atom is 0.408 e. The van der Waals surface area contributed by atoms with Crippen LogP contribution in [0.25, 0.3) is 0 Å². The van der Waals surface area contributed by atoms with Gasteiger partial charge in [-0.25, -0.2) is 9.59 Å². The van der Waals surface area contributed by atoms with Crippen LogP contribution in [0.15, 0.2) is 18.2 Å². The van der Waals surface area contributed by atoms with Crippen molar-refractivity contribution in [2.24, 2.45) is 0 Å². The number of hydrogen-bond donors (Lipinski definition) is 2. The summed E-state index contributed by atoms with van der Waals surface area (Å²) in [6.07, 6.45) is -0.958. The lowest BCUT2D eigenvalue weighted by Gasteiger charge is -2.28. The Morgan fingerprint density at radius 1 is 1.30 bits per heavy atom. The molecule has 0 saturated carbocycles. The van der Waals surface area contributed by atoms with Gasteiger partial charge in [-0.15, -0.1) is 0 Å². The molecule has 0 spiro atoms. The lowest BCUT2D eigenvalue weighted by Crippen LogP contribution is -2.51. The molecule has 1 aromatic carbocycles. The summed E-state index contributed by atoms with van der Waals surface area (Å²) in [6, 6.07) is 3.50. The predicted molar refractivity (Wildman–Crippen MR) is 82.5 cm³/mol. The van der Waals surface area contributed by atoms with Crippen LogP contribution in [0.3, 0.4) is 0 Å². The highest BCUT2D eigenvalue weighted by atomic mass is 35.5. The molecule has 0 aliphatic rings. The first-order valence-corrected chi connectivity index (χ1v) is 6.93. The van der Waals surface area contributed by atoms with E-state index in [0.29, 0.717) is 0 Å². The van der Waals surface area contributed by atoms with Crippen LogP contribution in [-0.4, -0.2) is 27.7 Å². The van der Waals surface area contributed by atoms with E-state index in [4.69, 9.17) is 16.3 Å². The second-order valence-electron chi connectivity index (χ2n) is 5.98. The molecule has 0 heterocycles. The number of ether oxygens (including phenoxy) is 1. The molecule has 0 aliphatic heterocycles. The van der Waals surface area contributed by atoms with Gasteiger partial charge in [0, 0.05) is 6.07 Å². The number of benzene rings is 1. The molecule has 9 heteroatoms. The van der Waals surface area contributed by atoms with Crippen molar-refractivity contribution in [3.05, 3.63) is 38.9 Å². The van der Waals surface area contributed by atoms with Crippen LogP contribution >= 0.6 is 11.6 Å². The number of hydrogen-bond acceptors (Lipinski definition) is 5. The second-order valence-corrected chi connectivity index (χ2v) is 6.39. The first-order chi connectivity index (χ1) is 10.4. The first-order valence-electron chi connectivity index (χ1n) is 6.56. The van der Waals surface area contributed by atoms with Gasteiger partial charge in [-0.2, -0.15) is 0 Å². The molecule has 0 radical (unpaired) electrons. The standard InChI is InChI=1S/C14H17ClN2O6/c1-13(2,3)23-12(20)16-14(4,11(18)19)8-5-6-9(15)10(7-8)17(21)22/h5-7H,1-4H3,(H,16,20)(H,18,19). The highest BCUT2D eigenvalue weighted by Gasteiger charge is 2.39. The molecule has 1 aromatic rings. The zero-order valence-electron chi connectivity index (χ0n) is 13.0. The minimum atomic E-state index is -1.92. The number of carbonyl (C=O) groups is 2. The highest BCUT2D eigenvalue weighted by molar-refractivity contribution is 6.32. The van der Waals surface area contributed by atoms with Crippen LogP contribution in [0.4, 0.5) is 10.5 Å². The van der Waals surface area contributed by atoms with E-state index in [2.05, 4.69) is 5.32 Å². The van der Waals surface area contributed by atoms with Gasteiger partial charge >= 0.3 is 12.1 Å². The normalized spacial score (nSPS) is 13.8. The van der Waals surface area contributed by atoms with E-state index in [1.165, 1.54) is 19.1 Å². The number of nitro benzene ring substituents is 1. The Labute approximate surface area is 137 Å². The number of nitrogens with one attached hydrogen (secondary N) is 1. The number of nitrogens with zero attached hydrogens (tertiary/aromatic N) is 1. The number of carboxylic acids is 1. The Morgan fingerprint density at radius 2 is 1.87 bits per heavy atom. The number of nitro groups is 1. The molecule has 8 nitrogen and oxygen atoms in total. The first kappa shape index (κ1) is 18.7. The molecule has 0 aromatic heterocycles. The predicted octanol–water partition coefficient (Wildman–Crippen LogP) is 3.07. The van der Waals surface area contributed by atoms with E-state index in [9.17, 15) is 24.8 Å². The number of halogens is 1. The summed E-state index contributed by atoms with van der Waals surface area (Å²) in [6.45, 7) is 6.07. The van der Waals surface area contributed by atoms with Gasteiger partial charge in [-0.3, -0.25) is 10.1 Å². The topological polar surface area (TPSA) is 119 Å². The van der Waals surface area contributed by atoms with Crippen LogP contribution in [0.1, 0.15) is 33.3 Å². The Balaban J connectivity index is 3.25. The number of carboxylic acid groups (broad SMARTS) is 1. The fourth-order valence-corrected chi connectivity index (χ4v) is 1.91. The SMILES string of the molecule is CC(C)(C)OC(=O)NC(C)(C(=O)O)c1ccc(Cl)c([N+](=O)[O-])c1. The number of rotatable bonds is 4. The van der Waals surface area contributed by atoms with Crippen molar-refractivity contribution in [1.29, 1.82) is 0 Å². The van der Waals surface area contributed by atoms with Crippen LogP contribution in [-0.2, 0) is 15.1 Å². The summed E-state index contributed by atoms with van der Waals surface area (Å²) >= 11 is 5.71. The van der Waals surface area contributed by atoms with E-state index in [1.807, 2.05) is 0 Å². The largest absolute Gasteiger partial charge is 0.479 e. The van der Waals surface area contributed by atoms with Gasteiger partial charge in [0.05, 0.1) is 4.92 Å². The monoisotopic (exact) mass is 344 g/mol. The lowest BCUT2D eigenvalue weighted by molar-refractivity contribution is -0.384. The Morgan fingerprint density at radius 3 is 2.30 bits per heavy atom. The average Bonchev–Trinajstić information content (AvgIpc) is 2.35. The molecule has 1 atom stereocenters. The molecule has 23 heavy (non-hydrogen) atoms. The summed E-state index contributed by atoms with van der Waals surface area (Å²) in [5.74, 6) is -1.40. The molecule has 0 fully saturated rings. The molecule has 1 unspecified atom stereocenters. The van der Waals surface area contributed by atoms with Crippen molar-refractivity contribution in [1.82, 2.24) is 5.32 Å². The van der Waals surface area contributed by atoms with Gasteiger partial charge in [0.25, 0.3) is 5.69 Å². The zero-order valence-corrected chi connectivity index (χ0v) is 13.8. The quantitative estimate of drug-likeness (QED) is 0.640. The van der Waals surface area contributed by atoms with Gasteiger partial charge < -0.3 is 15.2 Å². The summed E-state index contributed by atoms with van der Waals surface area (Å²) in [5, 5.41) is 22.5. The third kappa shape index (κ3) is 4.56. The van der Waals surface area contributed by atoms with Gasteiger partial charge in [-0.1, -0.05) is 17.7 Å². The van der Waals surface area contributed by atoms with Crippen molar-refractivity contribution >= 4 is 29.4 Å². The molecule has 1 rings (SSSR count). The molecular weight excluding hydrogens is 328 g/mol. The third-order valence-electron chi connectivity index (χ3n) is 2.90. The Hall–Kier alpha value is -2.35. The number of aliphatic carboxylic acids is 1. The molecule has 0 saturated heterocycles. The number of alkyl carbamates (subject to hydrolysis) is 1. The zero-order chi connectivity index (χ0) is 18.0. The van der Waals surface area contributed by atoms with Crippen molar-refractivity contribution in [2.75, 3.05) is 0 Å².